The van der Waals surface area contributed by atoms with Crippen molar-refractivity contribution < 1.29 is 4.79 Å². The van der Waals surface area contributed by atoms with Crippen LogP contribution in [0.4, 0.5) is 5.69 Å². The van der Waals surface area contributed by atoms with Crippen molar-refractivity contribution in [3.05, 3.63) is 41.5 Å². The van der Waals surface area contributed by atoms with Crippen LogP contribution in [0.15, 0.2) is 24.5 Å². The molecule has 0 radical (unpaired) electrons. The quantitative estimate of drug-likeness (QED) is 0.589. The number of pyridine rings is 2. The Morgan fingerprint density at radius 3 is 2.83 bits per heavy atom. The van der Waals surface area contributed by atoms with E-state index in [9.17, 15) is 4.79 Å². The number of hydrogen-bond donors (Lipinski definition) is 2. The molecule has 4 aromatic rings. The second kappa shape index (κ2) is 5.12. The number of rotatable bonds is 2. The van der Waals surface area contributed by atoms with E-state index in [1.54, 1.807) is 23.1 Å². The maximum Gasteiger partial charge on any atom is 0.257 e. The highest BCUT2D eigenvalue weighted by atomic mass is 16.1. The molecule has 0 fully saturated rings. The van der Waals surface area contributed by atoms with Crippen molar-refractivity contribution in [2.24, 2.45) is 7.05 Å². The molecule has 4 aromatic heterocycles. The average molecular weight is 321 g/mol. The molecule has 1 amide bonds. The third-order valence-corrected chi connectivity index (χ3v) is 3.98. The molecule has 0 saturated carbocycles. The van der Waals surface area contributed by atoms with E-state index >= 15 is 0 Å². The number of hydrogen-bond acceptors (Lipinski definition) is 5. The fourth-order valence-corrected chi connectivity index (χ4v) is 2.72. The van der Waals surface area contributed by atoms with Gasteiger partial charge in [-0.05, 0) is 26.0 Å². The van der Waals surface area contributed by atoms with Crippen molar-refractivity contribution in [2.75, 3.05) is 5.32 Å². The van der Waals surface area contributed by atoms with Crippen LogP contribution in [0.25, 0.3) is 22.1 Å². The van der Waals surface area contributed by atoms with Crippen LogP contribution < -0.4 is 5.32 Å². The zero-order valence-electron chi connectivity index (χ0n) is 13.5. The number of aromatic amines is 1. The van der Waals surface area contributed by atoms with Crippen molar-refractivity contribution >= 4 is 33.7 Å². The van der Waals surface area contributed by atoms with E-state index in [1.165, 1.54) is 0 Å². The molecule has 0 aliphatic heterocycles. The van der Waals surface area contributed by atoms with Gasteiger partial charge in [-0.3, -0.25) is 14.6 Å². The Kier molecular flexibility index (Phi) is 3.05. The topological polar surface area (TPSA) is 101 Å². The largest absolute Gasteiger partial charge is 0.321 e. The Hall–Kier alpha value is -3.29. The first-order valence-corrected chi connectivity index (χ1v) is 7.44. The first-order valence-electron chi connectivity index (χ1n) is 7.44. The molecule has 0 bridgehead atoms. The lowest BCUT2D eigenvalue weighted by Gasteiger charge is -2.05. The van der Waals surface area contributed by atoms with Crippen LogP contribution in [0, 0.1) is 13.8 Å². The lowest BCUT2D eigenvalue weighted by Crippen LogP contribution is -2.12. The molecule has 8 nitrogen and oxygen atoms in total. The van der Waals surface area contributed by atoms with E-state index in [2.05, 4.69) is 30.6 Å². The number of nitrogens with zero attached hydrogens (tertiary/aromatic N) is 5. The van der Waals surface area contributed by atoms with Crippen molar-refractivity contribution in [1.82, 2.24) is 29.9 Å². The second-order valence-electron chi connectivity index (χ2n) is 5.70. The molecule has 0 saturated heterocycles. The second-order valence-corrected chi connectivity index (χ2v) is 5.70. The van der Waals surface area contributed by atoms with Crippen LogP contribution in [0.1, 0.15) is 21.7 Å². The lowest BCUT2D eigenvalue weighted by atomic mass is 10.2. The average Bonchev–Trinajstić information content (AvgIpc) is 3.08. The first kappa shape index (κ1) is 14.3. The predicted octanol–water partition coefficient (Wildman–Crippen LogP) is 2.11. The Morgan fingerprint density at radius 2 is 2.00 bits per heavy atom. The molecule has 0 spiro atoms. The highest BCUT2D eigenvalue weighted by Crippen LogP contribution is 2.20. The number of aromatic nitrogens is 6. The maximum absolute atomic E-state index is 12.5. The standard InChI is InChI=1S/C16H15N7O/c1-8-12-5-11(7-17-14(12)21-20-8)19-16(24)10-4-13-9(2)22-23(3)15(13)18-6-10/h4-7H,1-3H3,(H,19,24)(H,17,20,21). The van der Waals surface area contributed by atoms with E-state index in [0.717, 1.165) is 27.8 Å². The molecule has 2 N–H and O–H groups in total. The smallest absolute Gasteiger partial charge is 0.257 e. The summed E-state index contributed by atoms with van der Waals surface area (Å²) in [5.41, 5.74) is 4.21. The van der Waals surface area contributed by atoms with Gasteiger partial charge in [-0.1, -0.05) is 0 Å². The number of aryl methyl sites for hydroxylation is 3. The van der Waals surface area contributed by atoms with Gasteiger partial charge < -0.3 is 5.32 Å². The summed E-state index contributed by atoms with van der Waals surface area (Å²) in [5, 5.41) is 15.9. The molecule has 24 heavy (non-hydrogen) atoms. The maximum atomic E-state index is 12.5. The third-order valence-electron chi connectivity index (χ3n) is 3.98. The molecule has 0 aliphatic rings. The van der Waals surface area contributed by atoms with E-state index in [-0.39, 0.29) is 5.91 Å². The summed E-state index contributed by atoms with van der Waals surface area (Å²) in [4.78, 5) is 21.1. The zero-order chi connectivity index (χ0) is 16.8. The van der Waals surface area contributed by atoms with Gasteiger partial charge in [0.05, 0.1) is 23.1 Å². The lowest BCUT2D eigenvalue weighted by molar-refractivity contribution is 0.102. The fourth-order valence-electron chi connectivity index (χ4n) is 2.72. The first-order chi connectivity index (χ1) is 11.5. The van der Waals surface area contributed by atoms with Crippen LogP contribution in [-0.2, 0) is 7.05 Å². The molecule has 0 aliphatic carbocycles. The summed E-state index contributed by atoms with van der Waals surface area (Å²) in [6.45, 7) is 3.80. The SMILES string of the molecule is Cc1[nH]nc2ncc(NC(=O)c3cnc4c(c3)c(C)nn4C)cc12. The number of anilines is 1. The van der Waals surface area contributed by atoms with Crippen LogP contribution in [0.2, 0.25) is 0 Å². The van der Waals surface area contributed by atoms with Crippen LogP contribution in [0.5, 0.6) is 0 Å². The normalized spacial score (nSPS) is 11.3. The molecular formula is C16H15N7O. The summed E-state index contributed by atoms with van der Waals surface area (Å²) in [5.74, 6) is -0.241. The van der Waals surface area contributed by atoms with Gasteiger partial charge in [-0.25, -0.2) is 9.97 Å². The summed E-state index contributed by atoms with van der Waals surface area (Å²) in [6.07, 6.45) is 3.13. The predicted molar refractivity (Wildman–Crippen MR) is 89.8 cm³/mol. The van der Waals surface area contributed by atoms with Crippen molar-refractivity contribution in [2.45, 2.75) is 13.8 Å². The highest BCUT2D eigenvalue weighted by Gasteiger charge is 2.13. The molecule has 120 valence electrons. The van der Waals surface area contributed by atoms with E-state index in [0.29, 0.717) is 16.9 Å². The van der Waals surface area contributed by atoms with E-state index in [1.807, 2.05) is 27.0 Å². The monoisotopic (exact) mass is 321 g/mol. The van der Waals surface area contributed by atoms with Gasteiger partial charge in [0.2, 0.25) is 0 Å². The van der Waals surface area contributed by atoms with Crippen molar-refractivity contribution in [1.29, 1.82) is 0 Å². The van der Waals surface area contributed by atoms with E-state index in [4.69, 9.17) is 0 Å². The summed E-state index contributed by atoms with van der Waals surface area (Å²) in [6, 6.07) is 3.65. The Morgan fingerprint density at radius 1 is 1.17 bits per heavy atom. The molecule has 0 aromatic carbocycles. The minimum Gasteiger partial charge on any atom is -0.321 e. The minimum absolute atomic E-state index is 0.241. The Labute approximate surface area is 136 Å². The number of nitrogens with one attached hydrogen (secondary N) is 2. The number of amides is 1. The minimum atomic E-state index is -0.241. The third kappa shape index (κ3) is 2.19. The molecule has 4 rings (SSSR count). The van der Waals surface area contributed by atoms with Gasteiger partial charge in [0.25, 0.3) is 5.91 Å². The van der Waals surface area contributed by atoms with Crippen molar-refractivity contribution in [3.63, 3.8) is 0 Å². The number of carbonyl (C=O) groups excluding carboxylic acids is 1. The molecule has 0 atom stereocenters. The van der Waals surface area contributed by atoms with Gasteiger partial charge in [0.15, 0.2) is 11.3 Å². The Balaban J connectivity index is 1.67. The Bertz CT molecular complexity index is 1090. The molecular weight excluding hydrogens is 306 g/mol. The molecule has 8 heteroatoms. The summed E-state index contributed by atoms with van der Waals surface area (Å²) in [7, 11) is 1.83. The van der Waals surface area contributed by atoms with Gasteiger partial charge in [0, 0.05) is 29.7 Å². The highest BCUT2D eigenvalue weighted by molar-refractivity contribution is 6.06. The van der Waals surface area contributed by atoms with Crippen molar-refractivity contribution in [3.8, 4) is 0 Å². The number of fused-ring (bicyclic) bond motifs is 2. The van der Waals surface area contributed by atoms with Gasteiger partial charge in [-0.15, -0.1) is 0 Å². The summed E-state index contributed by atoms with van der Waals surface area (Å²) >= 11 is 0. The molecule has 0 unspecified atom stereocenters. The fraction of sp³-hybridized carbons (Fsp3) is 0.188. The van der Waals surface area contributed by atoms with Gasteiger partial charge >= 0.3 is 0 Å². The zero-order valence-corrected chi connectivity index (χ0v) is 13.5. The van der Waals surface area contributed by atoms with Gasteiger partial charge in [0.1, 0.15) is 0 Å². The molecule has 4 heterocycles. The van der Waals surface area contributed by atoms with Crippen LogP contribution >= 0.6 is 0 Å². The van der Waals surface area contributed by atoms with Gasteiger partial charge in [-0.2, -0.15) is 10.2 Å². The number of H-pyrrole nitrogens is 1. The van der Waals surface area contributed by atoms with Crippen LogP contribution in [-0.4, -0.2) is 35.9 Å². The summed E-state index contributed by atoms with van der Waals surface area (Å²) < 4.78 is 1.70. The number of carbonyl (C=O) groups is 1. The van der Waals surface area contributed by atoms with E-state index < -0.39 is 0 Å². The van der Waals surface area contributed by atoms with Crippen LogP contribution in [0.3, 0.4) is 0 Å².